The number of thiazole rings is 1. The first-order valence-corrected chi connectivity index (χ1v) is 8.80. The highest BCUT2D eigenvalue weighted by molar-refractivity contribution is 7.19. The summed E-state index contributed by atoms with van der Waals surface area (Å²) in [4.78, 5) is 27.8. The highest BCUT2D eigenvalue weighted by Gasteiger charge is 2.31. The molecule has 4 nitrogen and oxygen atoms in total. The molecule has 1 aromatic heterocycles. The standard InChI is InChI=1S/C18H9ClF4N2O2S/c19-15(26)13-14(9-4-3-5-10(8-9)18(21,22)23)28-17(24-13)25-16(27)11-6-1-2-7-12(11)20/h1-8H,(H,24,25,27). The predicted octanol–water partition coefficient (Wildman–Crippen LogP) is 5.60. The number of hydrogen-bond donors (Lipinski definition) is 1. The van der Waals surface area contributed by atoms with Crippen molar-refractivity contribution in [3.05, 3.63) is 71.2 Å². The van der Waals surface area contributed by atoms with Crippen LogP contribution in [-0.2, 0) is 6.18 Å². The molecule has 0 saturated carbocycles. The lowest BCUT2D eigenvalue weighted by atomic mass is 10.1. The van der Waals surface area contributed by atoms with Crippen molar-refractivity contribution in [1.82, 2.24) is 4.98 Å². The molecule has 0 aliphatic carbocycles. The van der Waals surface area contributed by atoms with Crippen LogP contribution in [0.4, 0.5) is 22.7 Å². The molecule has 1 heterocycles. The molecule has 0 aliphatic rings. The van der Waals surface area contributed by atoms with Gasteiger partial charge in [0.05, 0.1) is 16.0 Å². The molecule has 144 valence electrons. The second-order valence-electron chi connectivity index (χ2n) is 5.48. The van der Waals surface area contributed by atoms with Crippen LogP contribution in [-0.4, -0.2) is 16.1 Å². The van der Waals surface area contributed by atoms with E-state index >= 15 is 0 Å². The van der Waals surface area contributed by atoms with E-state index < -0.39 is 28.7 Å². The Morgan fingerprint density at radius 1 is 1.07 bits per heavy atom. The van der Waals surface area contributed by atoms with Gasteiger partial charge in [-0.15, -0.1) is 0 Å². The first-order chi connectivity index (χ1) is 13.2. The third-order valence-electron chi connectivity index (χ3n) is 3.60. The van der Waals surface area contributed by atoms with Gasteiger partial charge >= 0.3 is 6.18 Å². The fourth-order valence-corrected chi connectivity index (χ4v) is 3.50. The van der Waals surface area contributed by atoms with Gasteiger partial charge < -0.3 is 0 Å². The average Bonchev–Trinajstić information content (AvgIpc) is 3.05. The molecule has 0 unspecified atom stereocenters. The molecule has 0 radical (unpaired) electrons. The molecule has 1 N–H and O–H groups in total. The monoisotopic (exact) mass is 428 g/mol. The molecule has 2 aromatic carbocycles. The summed E-state index contributed by atoms with van der Waals surface area (Å²) >= 11 is 6.24. The van der Waals surface area contributed by atoms with E-state index in [0.29, 0.717) is 0 Å². The van der Waals surface area contributed by atoms with Gasteiger partial charge in [0.25, 0.3) is 11.1 Å². The summed E-state index contributed by atoms with van der Waals surface area (Å²) in [5, 5.41) is 1.21. The number of amides is 1. The zero-order valence-electron chi connectivity index (χ0n) is 13.7. The number of anilines is 1. The molecule has 1 amide bonds. The minimum Gasteiger partial charge on any atom is -0.298 e. The van der Waals surface area contributed by atoms with Crippen LogP contribution in [0.3, 0.4) is 0 Å². The van der Waals surface area contributed by atoms with Gasteiger partial charge in [-0.1, -0.05) is 35.6 Å². The minimum atomic E-state index is -4.58. The lowest BCUT2D eigenvalue weighted by Gasteiger charge is -2.08. The van der Waals surface area contributed by atoms with E-state index in [9.17, 15) is 27.2 Å². The Balaban J connectivity index is 1.98. The van der Waals surface area contributed by atoms with Crippen molar-refractivity contribution in [2.24, 2.45) is 0 Å². The van der Waals surface area contributed by atoms with Crippen molar-refractivity contribution in [3.63, 3.8) is 0 Å². The van der Waals surface area contributed by atoms with Gasteiger partial charge in [-0.05, 0) is 41.4 Å². The molecule has 0 spiro atoms. The van der Waals surface area contributed by atoms with E-state index in [1.165, 1.54) is 30.3 Å². The van der Waals surface area contributed by atoms with Gasteiger partial charge in [-0.25, -0.2) is 9.37 Å². The maximum absolute atomic E-state index is 13.7. The van der Waals surface area contributed by atoms with Crippen LogP contribution in [0.15, 0.2) is 48.5 Å². The number of nitrogens with zero attached hydrogens (tertiary/aromatic N) is 1. The molecule has 0 fully saturated rings. The Kier molecular flexibility index (Phi) is 5.48. The Morgan fingerprint density at radius 2 is 1.79 bits per heavy atom. The topological polar surface area (TPSA) is 59.1 Å². The number of benzene rings is 2. The van der Waals surface area contributed by atoms with Crippen molar-refractivity contribution in [1.29, 1.82) is 0 Å². The Bertz CT molecular complexity index is 1070. The number of nitrogens with one attached hydrogen (secondary N) is 1. The van der Waals surface area contributed by atoms with Crippen molar-refractivity contribution >= 4 is 39.2 Å². The van der Waals surface area contributed by atoms with Crippen LogP contribution in [0.1, 0.15) is 26.4 Å². The molecule has 10 heteroatoms. The van der Waals surface area contributed by atoms with Gasteiger partial charge in [0, 0.05) is 0 Å². The predicted molar refractivity (Wildman–Crippen MR) is 97.1 cm³/mol. The summed E-state index contributed by atoms with van der Waals surface area (Å²) in [6.07, 6.45) is -4.58. The summed E-state index contributed by atoms with van der Waals surface area (Å²) in [5.41, 5.74) is -1.42. The summed E-state index contributed by atoms with van der Waals surface area (Å²) in [7, 11) is 0. The average molecular weight is 429 g/mol. The van der Waals surface area contributed by atoms with Gasteiger partial charge in [0.15, 0.2) is 5.13 Å². The van der Waals surface area contributed by atoms with Crippen LogP contribution in [0.5, 0.6) is 0 Å². The third kappa shape index (κ3) is 4.20. The smallest absolute Gasteiger partial charge is 0.298 e. The molecule has 28 heavy (non-hydrogen) atoms. The van der Waals surface area contributed by atoms with Gasteiger partial charge in [0.2, 0.25) is 0 Å². The Morgan fingerprint density at radius 3 is 2.43 bits per heavy atom. The molecule has 0 aliphatic heterocycles. The number of rotatable bonds is 4. The number of hydrogen-bond acceptors (Lipinski definition) is 4. The summed E-state index contributed by atoms with van der Waals surface area (Å²) < 4.78 is 52.6. The lowest BCUT2D eigenvalue weighted by Crippen LogP contribution is -2.13. The zero-order chi connectivity index (χ0) is 20.5. The van der Waals surface area contributed by atoms with E-state index in [0.717, 1.165) is 29.5 Å². The lowest BCUT2D eigenvalue weighted by molar-refractivity contribution is -0.137. The van der Waals surface area contributed by atoms with Crippen molar-refractivity contribution in [2.75, 3.05) is 5.32 Å². The van der Waals surface area contributed by atoms with E-state index in [4.69, 9.17) is 11.6 Å². The second-order valence-corrected chi connectivity index (χ2v) is 6.83. The van der Waals surface area contributed by atoms with Crippen molar-refractivity contribution < 1.29 is 27.2 Å². The number of aromatic nitrogens is 1. The molecule has 0 atom stereocenters. The first kappa shape index (κ1) is 20.0. The fraction of sp³-hybridized carbons (Fsp3) is 0.0556. The molecule has 3 rings (SSSR count). The van der Waals surface area contributed by atoms with Gasteiger partial charge in [-0.3, -0.25) is 14.9 Å². The molecule has 3 aromatic rings. The fourth-order valence-electron chi connectivity index (χ4n) is 2.35. The third-order valence-corrected chi connectivity index (χ3v) is 4.80. The molecule has 0 saturated heterocycles. The summed E-state index contributed by atoms with van der Waals surface area (Å²) in [6.45, 7) is 0. The minimum absolute atomic E-state index is 0.0509. The molecule has 0 bridgehead atoms. The SMILES string of the molecule is O=C(Nc1nc(C(=O)Cl)c(-c2cccc(C(F)(F)F)c2)s1)c1ccccc1F. The Labute approximate surface area is 164 Å². The van der Waals surface area contributed by atoms with Crippen LogP contribution in [0, 0.1) is 5.82 Å². The molecular weight excluding hydrogens is 420 g/mol. The highest BCUT2D eigenvalue weighted by atomic mass is 35.5. The zero-order valence-corrected chi connectivity index (χ0v) is 15.3. The highest BCUT2D eigenvalue weighted by Crippen LogP contribution is 2.37. The largest absolute Gasteiger partial charge is 0.416 e. The molecular formula is C18H9ClF4N2O2S. The van der Waals surface area contributed by atoms with E-state index in [1.807, 2.05) is 0 Å². The summed E-state index contributed by atoms with van der Waals surface area (Å²) in [5.74, 6) is -1.58. The van der Waals surface area contributed by atoms with Crippen LogP contribution >= 0.6 is 22.9 Å². The van der Waals surface area contributed by atoms with Crippen LogP contribution < -0.4 is 5.32 Å². The van der Waals surface area contributed by atoms with E-state index in [-0.39, 0.29) is 26.8 Å². The van der Waals surface area contributed by atoms with Crippen molar-refractivity contribution in [3.8, 4) is 10.4 Å². The number of carbonyl (C=O) groups excluding carboxylic acids is 2. The van der Waals surface area contributed by atoms with Gasteiger partial charge in [-0.2, -0.15) is 13.2 Å². The van der Waals surface area contributed by atoms with Gasteiger partial charge in [0.1, 0.15) is 11.5 Å². The van der Waals surface area contributed by atoms with E-state index in [1.54, 1.807) is 0 Å². The Hall–Kier alpha value is -2.78. The van der Waals surface area contributed by atoms with Crippen LogP contribution in [0.2, 0.25) is 0 Å². The number of halogens is 5. The maximum Gasteiger partial charge on any atom is 0.416 e. The second kappa shape index (κ2) is 7.69. The number of carbonyl (C=O) groups is 2. The summed E-state index contributed by atoms with van der Waals surface area (Å²) in [6, 6.07) is 9.48. The van der Waals surface area contributed by atoms with Crippen molar-refractivity contribution in [2.45, 2.75) is 6.18 Å². The van der Waals surface area contributed by atoms with E-state index in [2.05, 4.69) is 10.3 Å². The van der Waals surface area contributed by atoms with Crippen LogP contribution in [0.25, 0.3) is 10.4 Å². The first-order valence-electron chi connectivity index (χ1n) is 7.61. The number of alkyl halides is 3. The quantitative estimate of drug-likeness (QED) is 0.434. The maximum atomic E-state index is 13.7. The normalized spacial score (nSPS) is 11.3.